The van der Waals surface area contributed by atoms with Crippen molar-refractivity contribution >= 4 is 18.9 Å². The van der Waals surface area contributed by atoms with Gasteiger partial charge in [-0.2, -0.15) is 13.2 Å². The zero-order valence-corrected chi connectivity index (χ0v) is 17.7. The maximum absolute atomic E-state index is 13.5. The number of aromatic nitrogens is 3. The molecule has 0 spiro atoms. The fraction of sp³-hybridized carbons (Fsp3) is 0.684. The topological polar surface area (TPSA) is 60.7 Å². The number of alkyl halides is 3. The van der Waals surface area contributed by atoms with Crippen molar-refractivity contribution in [2.24, 2.45) is 0 Å². The van der Waals surface area contributed by atoms with E-state index in [9.17, 15) is 18.3 Å². The third-order valence-corrected chi connectivity index (χ3v) is 10.7. The minimum atomic E-state index is -4.43. The lowest BCUT2D eigenvalue weighted by atomic mass is 10.2. The fourth-order valence-corrected chi connectivity index (χ4v) is 9.94. The second-order valence-electron chi connectivity index (χ2n) is 8.32. The molecule has 3 aliphatic heterocycles. The van der Waals surface area contributed by atoms with Crippen molar-refractivity contribution in [1.29, 1.82) is 0 Å². The first-order valence-electron chi connectivity index (χ1n) is 10.7. The van der Waals surface area contributed by atoms with Gasteiger partial charge in [-0.25, -0.2) is 0 Å². The van der Waals surface area contributed by atoms with E-state index in [0.29, 0.717) is 24.0 Å². The molecule has 7 nitrogen and oxygen atoms in total. The van der Waals surface area contributed by atoms with Crippen molar-refractivity contribution in [3.63, 3.8) is 0 Å². The molecule has 1 aromatic heterocycles. The van der Waals surface area contributed by atoms with E-state index in [1.54, 1.807) is 4.45 Å². The molecular formula is C19H27F3N6OP+. The lowest BCUT2D eigenvalue weighted by Gasteiger charge is -2.43. The standard InChI is InChI=1S/C19H27F3N6OP/c20-19(21,22)15-7-8-16-17(14-15)28(24-23-16)30(25-9-1-2-10-25,26-11-3-4-12-26)27-13-5-6-18(27)29/h7-8,14,18,29H,1-6,9-13H2/q+1. The summed E-state index contributed by atoms with van der Waals surface area (Å²) in [5.41, 5.74) is 0.164. The normalized spacial score (nSPS) is 25.1. The van der Waals surface area contributed by atoms with Gasteiger partial charge in [0.05, 0.1) is 5.56 Å². The summed E-state index contributed by atoms with van der Waals surface area (Å²) in [6, 6.07) is 3.65. The zero-order chi connectivity index (χ0) is 20.9. The predicted octanol–water partition coefficient (Wildman–Crippen LogP) is 3.58. The van der Waals surface area contributed by atoms with Gasteiger partial charge in [-0.05, 0) is 61.9 Å². The number of fused-ring (bicyclic) bond motifs is 1. The average Bonchev–Trinajstić information content (AvgIpc) is 3.51. The first-order valence-corrected chi connectivity index (χ1v) is 12.3. The number of aliphatic hydroxyl groups is 1. The molecule has 30 heavy (non-hydrogen) atoms. The Morgan fingerprint density at radius 3 is 2.10 bits per heavy atom. The molecule has 3 saturated heterocycles. The Labute approximate surface area is 174 Å². The molecule has 1 unspecified atom stereocenters. The molecule has 0 aliphatic carbocycles. The molecule has 164 valence electrons. The molecule has 1 N–H and O–H groups in total. The Hall–Kier alpha value is -1.32. The minimum Gasteiger partial charge on any atom is -0.375 e. The van der Waals surface area contributed by atoms with Gasteiger partial charge in [0.2, 0.25) is 0 Å². The fourth-order valence-electron chi connectivity index (χ4n) is 5.12. The van der Waals surface area contributed by atoms with Gasteiger partial charge in [-0.15, -0.1) is 14.4 Å². The highest BCUT2D eigenvalue weighted by molar-refractivity contribution is 7.67. The maximum atomic E-state index is 13.5. The third kappa shape index (κ3) is 3.15. The molecule has 1 aromatic carbocycles. The predicted molar refractivity (Wildman–Crippen MR) is 108 cm³/mol. The molecule has 5 rings (SSSR count). The second-order valence-corrected chi connectivity index (χ2v) is 11.4. The van der Waals surface area contributed by atoms with Crippen LogP contribution in [0.25, 0.3) is 11.0 Å². The number of nitrogens with zero attached hydrogens (tertiary/aromatic N) is 6. The smallest absolute Gasteiger partial charge is 0.375 e. The van der Waals surface area contributed by atoms with Crippen LogP contribution in [-0.4, -0.2) is 72.8 Å². The van der Waals surface area contributed by atoms with Crippen LogP contribution in [0, 0.1) is 0 Å². The van der Waals surface area contributed by atoms with Crippen molar-refractivity contribution in [2.45, 2.75) is 50.9 Å². The minimum absolute atomic E-state index is 0.399. The van der Waals surface area contributed by atoms with E-state index in [-0.39, 0.29) is 0 Å². The van der Waals surface area contributed by atoms with Crippen molar-refractivity contribution < 1.29 is 18.3 Å². The summed E-state index contributed by atoms with van der Waals surface area (Å²) < 4.78 is 49.2. The Kier molecular flexibility index (Phi) is 5.26. The van der Waals surface area contributed by atoms with Crippen LogP contribution >= 0.6 is 7.87 Å². The van der Waals surface area contributed by atoms with Gasteiger partial charge >= 0.3 is 14.0 Å². The number of benzene rings is 1. The van der Waals surface area contributed by atoms with Gasteiger partial charge < -0.3 is 5.11 Å². The van der Waals surface area contributed by atoms with E-state index in [4.69, 9.17) is 0 Å². The summed E-state index contributed by atoms with van der Waals surface area (Å²) in [5.74, 6) is 0. The maximum Gasteiger partial charge on any atom is 0.416 e. The van der Waals surface area contributed by atoms with Gasteiger partial charge in [0, 0.05) is 32.7 Å². The van der Waals surface area contributed by atoms with E-state index in [2.05, 4.69) is 24.3 Å². The number of hydrogen-bond acceptors (Lipinski definition) is 6. The SMILES string of the molecule is OC1CCCN1[P+](N1CCCC1)(N1CCCC1)n1nnc2ccc(C(F)(F)F)cc21. The summed E-state index contributed by atoms with van der Waals surface area (Å²) in [6.45, 7) is 4.13. The number of aliphatic hydroxyl groups excluding tert-OH is 1. The Bertz CT molecular complexity index is 893. The summed E-state index contributed by atoms with van der Waals surface area (Å²) in [5, 5.41) is 19.7. The van der Waals surface area contributed by atoms with Crippen LogP contribution in [0.4, 0.5) is 13.2 Å². The molecule has 0 saturated carbocycles. The lowest BCUT2D eigenvalue weighted by molar-refractivity contribution is -0.137. The van der Waals surface area contributed by atoms with E-state index < -0.39 is 25.8 Å². The van der Waals surface area contributed by atoms with E-state index >= 15 is 0 Å². The Balaban J connectivity index is 1.75. The third-order valence-electron chi connectivity index (χ3n) is 6.47. The van der Waals surface area contributed by atoms with Crippen LogP contribution in [0.1, 0.15) is 44.1 Å². The van der Waals surface area contributed by atoms with E-state index in [1.165, 1.54) is 12.1 Å². The van der Waals surface area contributed by atoms with Crippen molar-refractivity contribution in [3.05, 3.63) is 23.8 Å². The van der Waals surface area contributed by atoms with Crippen LogP contribution < -0.4 is 0 Å². The first-order chi connectivity index (χ1) is 14.4. The van der Waals surface area contributed by atoms with Crippen LogP contribution in [-0.2, 0) is 6.18 Å². The average molecular weight is 443 g/mol. The van der Waals surface area contributed by atoms with Crippen molar-refractivity contribution in [1.82, 2.24) is 28.8 Å². The van der Waals surface area contributed by atoms with Gasteiger partial charge in [-0.3, -0.25) is 0 Å². The molecule has 2 aromatic rings. The monoisotopic (exact) mass is 443 g/mol. The quantitative estimate of drug-likeness (QED) is 0.729. The van der Waals surface area contributed by atoms with Gasteiger partial charge in [0.25, 0.3) is 0 Å². The largest absolute Gasteiger partial charge is 0.416 e. The summed E-state index contributed by atoms with van der Waals surface area (Å²) in [7, 11) is -2.59. The molecule has 0 amide bonds. The molecule has 0 radical (unpaired) electrons. The number of halogens is 3. The van der Waals surface area contributed by atoms with Gasteiger partial charge in [-0.1, -0.05) is 9.12 Å². The Morgan fingerprint density at radius 1 is 0.933 bits per heavy atom. The molecule has 11 heteroatoms. The highest BCUT2D eigenvalue weighted by Gasteiger charge is 2.64. The van der Waals surface area contributed by atoms with E-state index in [1.807, 2.05) is 0 Å². The Morgan fingerprint density at radius 2 is 1.57 bits per heavy atom. The molecule has 1 atom stereocenters. The molecule has 3 aliphatic rings. The lowest BCUT2D eigenvalue weighted by Crippen LogP contribution is -2.48. The highest BCUT2D eigenvalue weighted by atomic mass is 31.2. The summed E-state index contributed by atoms with van der Waals surface area (Å²) in [4.78, 5) is 0. The summed E-state index contributed by atoms with van der Waals surface area (Å²) >= 11 is 0. The molecule has 4 heterocycles. The van der Waals surface area contributed by atoms with Gasteiger partial charge in [0.15, 0.2) is 0 Å². The highest BCUT2D eigenvalue weighted by Crippen LogP contribution is 2.71. The van der Waals surface area contributed by atoms with Crippen LogP contribution in [0.15, 0.2) is 18.2 Å². The van der Waals surface area contributed by atoms with Crippen LogP contribution in [0.5, 0.6) is 0 Å². The molecular weight excluding hydrogens is 416 g/mol. The second kappa shape index (κ2) is 7.67. The molecule has 0 bridgehead atoms. The number of rotatable bonds is 4. The van der Waals surface area contributed by atoms with Crippen molar-refractivity contribution in [2.75, 3.05) is 32.7 Å². The molecule has 3 fully saturated rings. The zero-order valence-electron chi connectivity index (χ0n) is 16.8. The first kappa shape index (κ1) is 20.6. The van der Waals surface area contributed by atoms with Crippen molar-refractivity contribution in [3.8, 4) is 0 Å². The van der Waals surface area contributed by atoms with Crippen LogP contribution in [0.3, 0.4) is 0 Å². The summed E-state index contributed by atoms with van der Waals surface area (Å²) in [6.07, 6.45) is 0.651. The van der Waals surface area contributed by atoms with Crippen LogP contribution in [0.2, 0.25) is 0 Å². The number of hydrogen-bond donors (Lipinski definition) is 1. The van der Waals surface area contributed by atoms with E-state index in [0.717, 1.165) is 64.3 Å². The van der Waals surface area contributed by atoms with Gasteiger partial charge in [0.1, 0.15) is 17.3 Å².